The monoisotopic (exact) mass is 267 g/mol. The summed E-state index contributed by atoms with van der Waals surface area (Å²) in [6, 6.07) is 8.09. The van der Waals surface area contributed by atoms with Crippen molar-refractivity contribution in [2.45, 2.75) is 38.0 Å². The minimum absolute atomic E-state index is 0.369. The molecule has 1 aliphatic carbocycles. The van der Waals surface area contributed by atoms with Crippen molar-refractivity contribution in [2.24, 2.45) is 5.92 Å². The van der Waals surface area contributed by atoms with Gasteiger partial charge in [-0.05, 0) is 36.5 Å². The van der Waals surface area contributed by atoms with Crippen LogP contribution in [-0.2, 0) is 5.41 Å². The summed E-state index contributed by atoms with van der Waals surface area (Å²) in [7, 11) is 0. The van der Waals surface area contributed by atoms with Gasteiger partial charge in [-0.3, -0.25) is 0 Å². The lowest BCUT2D eigenvalue weighted by molar-refractivity contribution is 0.287. The van der Waals surface area contributed by atoms with Crippen LogP contribution in [0.15, 0.2) is 18.2 Å². The van der Waals surface area contributed by atoms with Crippen LogP contribution in [0.4, 0.5) is 0 Å². The molecule has 1 nitrogen and oxygen atoms in total. The quantitative estimate of drug-likeness (QED) is 0.705. The van der Waals surface area contributed by atoms with Crippen LogP contribution < -0.4 is 0 Å². The minimum atomic E-state index is -0.369. The Balaban J connectivity index is 2.41. The molecular formula is C14H15Cl2N. The van der Waals surface area contributed by atoms with Gasteiger partial charge in [0.1, 0.15) is 0 Å². The molecule has 0 aliphatic heterocycles. The number of hydrogen-bond donors (Lipinski definition) is 0. The van der Waals surface area contributed by atoms with Crippen LogP contribution in [0.5, 0.6) is 0 Å². The molecule has 1 saturated carbocycles. The number of benzene rings is 1. The van der Waals surface area contributed by atoms with Crippen molar-refractivity contribution >= 4 is 23.2 Å². The molecule has 90 valence electrons. The fraction of sp³-hybridized carbons (Fsp3) is 0.500. The molecule has 0 bridgehead atoms. The Kier molecular flexibility index (Phi) is 3.66. The van der Waals surface area contributed by atoms with Gasteiger partial charge in [0.05, 0.1) is 21.5 Å². The lowest BCUT2D eigenvalue weighted by atomic mass is 9.67. The molecule has 0 N–H and O–H groups in total. The summed E-state index contributed by atoms with van der Waals surface area (Å²) < 4.78 is 0. The van der Waals surface area contributed by atoms with Crippen molar-refractivity contribution in [1.29, 1.82) is 5.26 Å². The predicted molar refractivity (Wildman–Crippen MR) is 71.4 cm³/mol. The van der Waals surface area contributed by atoms with Crippen molar-refractivity contribution < 1.29 is 0 Å². The molecule has 0 saturated heterocycles. The van der Waals surface area contributed by atoms with Gasteiger partial charge in [-0.2, -0.15) is 5.26 Å². The largest absolute Gasteiger partial charge is 0.197 e. The summed E-state index contributed by atoms with van der Waals surface area (Å²) in [5.74, 6) is 0.595. The second-order valence-electron chi connectivity index (χ2n) is 5.02. The average Bonchev–Trinajstić information content (AvgIpc) is 2.32. The summed E-state index contributed by atoms with van der Waals surface area (Å²) in [5, 5.41) is 10.6. The third-order valence-electron chi connectivity index (χ3n) is 3.68. The summed E-state index contributed by atoms with van der Waals surface area (Å²) in [5.41, 5.74) is 0.646. The Labute approximate surface area is 112 Å². The van der Waals surface area contributed by atoms with E-state index in [1.165, 1.54) is 6.42 Å². The Hall–Kier alpha value is -0.710. The predicted octanol–water partition coefficient (Wildman–Crippen LogP) is 4.96. The molecule has 1 aliphatic rings. The fourth-order valence-corrected chi connectivity index (χ4v) is 3.07. The van der Waals surface area contributed by atoms with Crippen molar-refractivity contribution in [1.82, 2.24) is 0 Å². The van der Waals surface area contributed by atoms with E-state index in [0.29, 0.717) is 16.0 Å². The average molecular weight is 268 g/mol. The van der Waals surface area contributed by atoms with E-state index in [0.717, 1.165) is 24.8 Å². The molecule has 1 aromatic rings. The smallest absolute Gasteiger partial charge is 0.0825 e. The molecule has 0 unspecified atom stereocenters. The summed E-state index contributed by atoms with van der Waals surface area (Å²) in [6.07, 6.45) is 4.16. The van der Waals surface area contributed by atoms with E-state index < -0.39 is 0 Å². The van der Waals surface area contributed by atoms with Crippen LogP contribution >= 0.6 is 23.2 Å². The van der Waals surface area contributed by atoms with E-state index in [1.54, 1.807) is 6.07 Å². The summed E-state index contributed by atoms with van der Waals surface area (Å²) in [4.78, 5) is 0. The van der Waals surface area contributed by atoms with Gasteiger partial charge in [0.25, 0.3) is 0 Å². The molecule has 2 atom stereocenters. The van der Waals surface area contributed by atoms with Crippen molar-refractivity contribution in [3.63, 3.8) is 0 Å². The van der Waals surface area contributed by atoms with Crippen LogP contribution in [-0.4, -0.2) is 0 Å². The zero-order chi connectivity index (χ0) is 12.5. The maximum Gasteiger partial charge on any atom is 0.0825 e. The first-order chi connectivity index (χ1) is 8.07. The highest BCUT2D eigenvalue weighted by atomic mass is 35.5. The Morgan fingerprint density at radius 2 is 2.12 bits per heavy atom. The number of rotatable bonds is 1. The van der Waals surface area contributed by atoms with Crippen LogP contribution in [0.3, 0.4) is 0 Å². The molecule has 3 heteroatoms. The van der Waals surface area contributed by atoms with E-state index in [4.69, 9.17) is 23.2 Å². The number of hydrogen-bond acceptors (Lipinski definition) is 1. The van der Waals surface area contributed by atoms with Crippen molar-refractivity contribution in [3.8, 4) is 6.07 Å². The highest BCUT2D eigenvalue weighted by molar-refractivity contribution is 6.42. The first kappa shape index (κ1) is 12.7. The van der Waals surface area contributed by atoms with Gasteiger partial charge in [-0.25, -0.2) is 0 Å². The Bertz CT molecular complexity index is 464. The molecule has 17 heavy (non-hydrogen) atoms. The third-order valence-corrected chi connectivity index (χ3v) is 4.42. The first-order valence-electron chi connectivity index (χ1n) is 5.94. The Morgan fingerprint density at radius 3 is 2.71 bits per heavy atom. The normalized spacial score (nSPS) is 28.7. The van der Waals surface area contributed by atoms with E-state index in [-0.39, 0.29) is 5.41 Å². The molecule has 1 aromatic carbocycles. The van der Waals surface area contributed by atoms with E-state index >= 15 is 0 Å². The molecule has 0 radical (unpaired) electrons. The zero-order valence-electron chi connectivity index (χ0n) is 9.84. The molecular weight excluding hydrogens is 253 g/mol. The van der Waals surface area contributed by atoms with Gasteiger partial charge in [-0.1, -0.05) is 49.0 Å². The van der Waals surface area contributed by atoms with Crippen molar-refractivity contribution in [3.05, 3.63) is 33.8 Å². The van der Waals surface area contributed by atoms with E-state index in [1.807, 2.05) is 12.1 Å². The maximum atomic E-state index is 9.55. The van der Waals surface area contributed by atoms with Gasteiger partial charge in [0, 0.05) is 0 Å². The number of nitriles is 1. The van der Waals surface area contributed by atoms with Gasteiger partial charge >= 0.3 is 0 Å². The molecule has 0 amide bonds. The second-order valence-corrected chi connectivity index (χ2v) is 5.84. The summed E-state index contributed by atoms with van der Waals surface area (Å²) >= 11 is 12.0. The van der Waals surface area contributed by atoms with Crippen LogP contribution in [0.1, 0.15) is 38.2 Å². The van der Waals surface area contributed by atoms with Gasteiger partial charge in [0.15, 0.2) is 0 Å². The first-order valence-corrected chi connectivity index (χ1v) is 6.70. The standard InChI is InChI=1S/C14H15Cl2N/c1-10-3-2-6-14(8-10,9-17)11-4-5-12(15)13(16)7-11/h4-5,7,10H,2-3,6,8H2,1H3/t10-,14-/m1/s1. The molecule has 0 aromatic heterocycles. The SMILES string of the molecule is C[C@@H]1CCC[C@@](C#N)(c2ccc(Cl)c(Cl)c2)C1. The van der Waals surface area contributed by atoms with Crippen LogP contribution in [0.2, 0.25) is 10.0 Å². The van der Waals surface area contributed by atoms with Gasteiger partial charge < -0.3 is 0 Å². The fourth-order valence-electron chi connectivity index (χ4n) is 2.77. The van der Waals surface area contributed by atoms with Crippen LogP contribution in [0, 0.1) is 17.2 Å². The molecule has 2 rings (SSSR count). The minimum Gasteiger partial charge on any atom is -0.197 e. The Morgan fingerprint density at radius 1 is 1.35 bits per heavy atom. The molecule has 1 fully saturated rings. The number of halogens is 2. The third kappa shape index (κ3) is 2.44. The molecule has 0 spiro atoms. The lowest BCUT2D eigenvalue weighted by Gasteiger charge is -2.34. The van der Waals surface area contributed by atoms with Gasteiger partial charge in [-0.15, -0.1) is 0 Å². The maximum absolute atomic E-state index is 9.55. The number of nitrogens with zero attached hydrogens (tertiary/aromatic N) is 1. The zero-order valence-corrected chi connectivity index (χ0v) is 11.4. The summed E-state index contributed by atoms with van der Waals surface area (Å²) in [6.45, 7) is 2.21. The van der Waals surface area contributed by atoms with E-state index in [9.17, 15) is 5.26 Å². The molecule has 0 heterocycles. The highest BCUT2D eigenvalue weighted by Crippen LogP contribution is 2.42. The van der Waals surface area contributed by atoms with E-state index in [2.05, 4.69) is 13.0 Å². The highest BCUT2D eigenvalue weighted by Gasteiger charge is 2.37. The van der Waals surface area contributed by atoms with Gasteiger partial charge in [0.2, 0.25) is 0 Å². The lowest BCUT2D eigenvalue weighted by Crippen LogP contribution is -2.30. The van der Waals surface area contributed by atoms with Crippen LogP contribution in [0.25, 0.3) is 0 Å². The van der Waals surface area contributed by atoms with Crippen molar-refractivity contribution in [2.75, 3.05) is 0 Å². The second kappa shape index (κ2) is 4.88. The topological polar surface area (TPSA) is 23.8 Å².